The lowest BCUT2D eigenvalue weighted by Gasteiger charge is -2.15. The molecule has 3 rings (SSSR count). The Morgan fingerprint density at radius 2 is 1.66 bits per heavy atom. The minimum Gasteiger partial charge on any atom is -0.496 e. The number of rotatable bonds is 5. The van der Waals surface area contributed by atoms with Gasteiger partial charge in [0.15, 0.2) is 5.96 Å². The van der Waals surface area contributed by atoms with Gasteiger partial charge in [-0.15, -0.1) is 0 Å². The van der Waals surface area contributed by atoms with Crippen LogP contribution in [0.1, 0.15) is 12.5 Å². The molecule has 0 aliphatic carbocycles. The number of hydrogen-bond acceptors (Lipinski definition) is 5. The summed E-state index contributed by atoms with van der Waals surface area (Å²) in [6.07, 6.45) is 0. The third-order valence-corrected chi connectivity index (χ3v) is 3.82. The topological polar surface area (TPSA) is 117 Å². The molecule has 0 radical (unpaired) electrons. The fourth-order valence-electron chi connectivity index (χ4n) is 2.59. The van der Waals surface area contributed by atoms with E-state index < -0.39 is 5.97 Å². The Balaban J connectivity index is 0.000000687. The predicted molar refractivity (Wildman–Crippen MR) is 113 cm³/mol. The number of nitrogens with zero attached hydrogens (tertiary/aromatic N) is 1. The highest BCUT2D eigenvalue weighted by molar-refractivity contribution is 5.91. The van der Waals surface area contributed by atoms with Gasteiger partial charge in [-0.1, -0.05) is 24.3 Å². The number of aliphatic carboxylic acids is 1. The van der Waals surface area contributed by atoms with Crippen molar-refractivity contribution in [2.24, 2.45) is 0 Å². The number of guanidine groups is 1. The zero-order chi connectivity index (χ0) is 21.2. The van der Waals surface area contributed by atoms with E-state index in [9.17, 15) is 0 Å². The molecule has 0 atom stereocenters. The van der Waals surface area contributed by atoms with Gasteiger partial charge in [-0.05, 0) is 30.3 Å². The number of para-hydroxylation sites is 1. The molecule has 8 heteroatoms. The van der Waals surface area contributed by atoms with Crippen molar-refractivity contribution >= 4 is 28.6 Å². The minimum atomic E-state index is -0.833. The van der Waals surface area contributed by atoms with E-state index in [1.807, 2.05) is 54.6 Å². The molecule has 1 aromatic heterocycles. The van der Waals surface area contributed by atoms with Crippen LogP contribution < -0.4 is 20.1 Å². The van der Waals surface area contributed by atoms with Gasteiger partial charge in [0.25, 0.3) is 5.97 Å². The molecule has 0 spiro atoms. The normalized spacial score (nSPS) is 9.76. The molecule has 0 amide bonds. The lowest BCUT2D eigenvalue weighted by Crippen LogP contribution is -2.29. The third kappa shape index (κ3) is 6.39. The molecule has 2 aromatic carbocycles. The number of carboxylic acids is 1. The Bertz CT molecular complexity index is 965. The van der Waals surface area contributed by atoms with Crippen LogP contribution in [0.2, 0.25) is 0 Å². The summed E-state index contributed by atoms with van der Waals surface area (Å²) in [7, 11) is 3.22. The summed E-state index contributed by atoms with van der Waals surface area (Å²) < 4.78 is 10.7. The summed E-state index contributed by atoms with van der Waals surface area (Å²) in [4.78, 5) is 13.5. The first-order valence-electron chi connectivity index (χ1n) is 8.79. The van der Waals surface area contributed by atoms with Crippen LogP contribution in [0, 0.1) is 5.41 Å². The maximum Gasteiger partial charge on any atom is 0.300 e. The SMILES string of the molecule is CC(=O)O.COc1cccc(OC)c1CNC(=N)Nc1ccc2ccccc2n1. The molecule has 0 unspecified atom stereocenters. The van der Waals surface area contributed by atoms with E-state index in [-0.39, 0.29) is 5.96 Å². The van der Waals surface area contributed by atoms with Crippen LogP contribution in [-0.2, 0) is 11.3 Å². The maximum atomic E-state index is 9.00. The summed E-state index contributed by atoms with van der Waals surface area (Å²) in [5.41, 5.74) is 1.73. The second-order valence-electron chi connectivity index (χ2n) is 5.90. The molecule has 4 N–H and O–H groups in total. The number of carbonyl (C=O) groups is 1. The zero-order valence-corrected chi connectivity index (χ0v) is 16.5. The van der Waals surface area contributed by atoms with Gasteiger partial charge in [0.05, 0.1) is 31.8 Å². The van der Waals surface area contributed by atoms with Crippen molar-refractivity contribution in [3.8, 4) is 11.5 Å². The molecule has 1 heterocycles. The largest absolute Gasteiger partial charge is 0.496 e. The number of methoxy groups -OCH3 is 2. The summed E-state index contributed by atoms with van der Waals surface area (Å²) >= 11 is 0. The smallest absolute Gasteiger partial charge is 0.300 e. The van der Waals surface area contributed by atoms with Gasteiger partial charge in [0.2, 0.25) is 0 Å². The van der Waals surface area contributed by atoms with Gasteiger partial charge in [0.1, 0.15) is 17.3 Å². The van der Waals surface area contributed by atoms with Gasteiger partial charge < -0.3 is 25.2 Å². The number of pyridine rings is 1. The summed E-state index contributed by atoms with van der Waals surface area (Å²) in [6, 6.07) is 17.3. The first kappa shape index (κ1) is 21.5. The number of benzene rings is 2. The van der Waals surface area contributed by atoms with Crippen LogP contribution in [-0.4, -0.2) is 36.2 Å². The Labute approximate surface area is 169 Å². The molecule has 0 saturated carbocycles. The van der Waals surface area contributed by atoms with Gasteiger partial charge in [0, 0.05) is 12.3 Å². The highest BCUT2D eigenvalue weighted by atomic mass is 16.5. The molecule has 0 bridgehead atoms. The zero-order valence-electron chi connectivity index (χ0n) is 16.5. The van der Waals surface area contributed by atoms with E-state index in [2.05, 4.69) is 15.6 Å². The monoisotopic (exact) mass is 396 g/mol. The van der Waals surface area contributed by atoms with Crippen molar-refractivity contribution in [2.75, 3.05) is 19.5 Å². The van der Waals surface area contributed by atoms with Crippen molar-refractivity contribution < 1.29 is 19.4 Å². The first-order valence-corrected chi connectivity index (χ1v) is 8.79. The Morgan fingerprint density at radius 1 is 1.03 bits per heavy atom. The lowest BCUT2D eigenvalue weighted by molar-refractivity contribution is -0.134. The second kappa shape index (κ2) is 10.5. The highest BCUT2D eigenvalue weighted by Gasteiger charge is 2.10. The van der Waals surface area contributed by atoms with Gasteiger partial charge in [-0.2, -0.15) is 0 Å². The molecule has 3 aromatic rings. The predicted octanol–water partition coefficient (Wildman–Crippen LogP) is 3.48. The van der Waals surface area contributed by atoms with E-state index in [0.717, 1.165) is 23.4 Å². The summed E-state index contributed by atoms with van der Waals surface area (Å²) in [6.45, 7) is 1.48. The number of nitrogens with one attached hydrogen (secondary N) is 3. The van der Waals surface area contributed by atoms with Crippen molar-refractivity contribution in [1.29, 1.82) is 5.41 Å². The van der Waals surface area contributed by atoms with E-state index in [1.165, 1.54) is 0 Å². The van der Waals surface area contributed by atoms with Crippen LogP contribution >= 0.6 is 0 Å². The summed E-state index contributed by atoms with van der Waals surface area (Å²) in [5.74, 6) is 1.35. The number of hydrogen-bond donors (Lipinski definition) is 4. The Hall–Kier alpha value is -3.81. The number of aromatic nitrogens is 1. The lowest BCUT2D eigenvalue weighted by atomic mass is 10.1. The van der Waals surface area contributed by atoms with E-state index in [4.69, 9.17) is 24.8 Å². The van der Waals surface area contributed by atoms with E-state index in [1.54, 1.807) is 14.2 Å². The molecular formula is C21H24N4O4. The number of ether oxygens (including phenoxy) is 2. The van der Waals surface area contributed by atoms with E-state index in [0.29, 0.717) is 23.9 Å². The molecule has 0 aliphatic heterocycles. The quantitative estimate of drug-likeness (QED) is 0.385. The van der Waals surface area contributed by atoms with Crippen molar-refractivity contribution in [3.05, 3.63) is 60.2 Å². The Morgan fingerprint density at radius 3 is 2.28 bits per heavy atom. The average Bonchev–Trinajstić information content (AvgIpc) is 2.71. The standard InChI is InChI=1S/C19H20N4O2.C2H4O2/c1-24-16-8-5-9-17(25-2)14(16)12-21-19(20)23-18-11-10-13-6-3-4-7-15(13)22-18;1-2(3)4/h3-11H,12H2,1-2H3,(H3,20,21,22,23);1H3,(H,3,4). The number of anilines is 1. The van der Waals surface area contributed by atoms with Crippen LogP contribution in [0.3, 0.4) is 0 Å². The Kier molecular flexibility index (Phi) is 7.78. The van der Waals surface area contributed by atoms with Crippen LogP contribution in [0.25, 0.3) is 10.9 Å². The molecule has 0 aliphatic rings. The fraction of sp³-hybridized carbons (Fsp3) is 0.190. The maximum absolute atomic E-state index is 9.00. The van der Waals surface area contributed by atoms with Crippen LogP contribution in [0.4, 0.5) is 5.82 Å². The fourth-order valence-corrected chi connectivity index (χ4v) is 2.59. The second-order valence-corrected chi connectivity index (χ2v) is 5.90. The van der Waals surface area contributed by atoms with Gasteiger partial charge >= 0.3 is 0 Å². The first-order chi connectivity index (χ1) is 13.9. The van der Waals surface area contributed by atoms with Crippen molar-refractivity contribution in [3.63, 3.8) is 0 Å². The number of fused-ring (bicyclic) bond motifs is 1. The van der Waals surface area contributed by atoms with Gasteiger partial charge in [-0.25, -0.2) is 4.98 Å². The third-order valence-electron chi connectivity index (χ3n) is 3.82. The highest BCUT2D eigenvalue weighted by Crippen LogP contribution is 2.27. The van der Waals surface area contributed by atoms with Crippen molar-refractivity contribution in [2.45, 2.75) is 13.5 Å². The molecule has 8 nitrogen and oxygen atoms in total. The van der Waals surface area contributed by atoms with Crippen LogP contribution in [0.5, 0.6) is 11.5 Å². The van der Waals surface area contributed by atoms with Gasteiger partial charge in [-0.3, -0.25) is 10.2 Å². The average molecular weight is 396 g/mol. The molecule has 0 fully saturated rings. The van der Waals surface area contributed by atoms with Crippen LogP contribution in [0.15, 0.2) is 54.6 Å². The van der Waals surface area contributed by atoms with E-state index >= 15 is 0 Å². The minimum absolute atomic E-state index is 0.149. The molecular weight excluding hydrogens is 372 g/mol. The number of carboxylic acid groups (broad SMARTS) is 1. The molecule has 0 saturated heterocycles. The van der Waals surface area contributed by atoms with Crippen molar-refractivity contribution in [1.82, 2.24) is 10.3 Å². The molecule has 29 heavy (non-hydrogen) atoms. The summed E-state index contributed by atoms with van der Waals surface area (Å²) in [5, 5.41) is 22.5. The molecule has 152 valence electrons.